The molecule has 0 aromatic heterocycles. The summed E-state index contributed by atoms with van der Waals surface area (Å²) >= 11 is 0. The van der Waals surface area contributed by atoms with Crippen molar-refractivity contribution in [2.75, 3.05) is 53.0 Å². The zero-order valence-electron chi connectivity index (χ0n) is 15.3. The van der Waals surface area contributed by atoms with Crippen molar-refractivity contribution in [1.29, 1.82) is 0 Å². The van der Waals surface area contributed by atoms with Crippen molar-refractivity contribution in [1.82, 2.24) is 15.1 Å². The molecule has 7 nitrogen and oxygen atoms in total. The molecular weight excluding hydrogens is 334 g/mol. The van der Waals surface area contributed by atoms with Gasteiger partial charge >= 0.3 is 0 Å². The summed E-state index contributed by atoms with van der Waals surface area (Å²) < 4.78 is 10.6. The molecule has 1 aromatic rings. The molecule has 2 saturated heterocycles. The zero-order valence-corrected chi connectivity index (χ0v) is 15.3. The lowest BCUT2D eigenvalue weighted by molar-refractivity contribution is -0.135. The molecule has 0 saturated carbocycles. The molecule has 0 aliphatic carbocycles. The van der Waals surface area contributed by atoms with E-state index in [1.165, 1.54) is 0 Å². The van der Waals surface area contributed by atoms with Gasteiger partial charge in [0.1, 0.15) is 12.4 Å². The molecule has 0 bridgehead atoms. The first kappa shape index (κ1) is 18.7. The Hall–Kier alpha value is -2.12. The predicted octanol–water partition coefficient (Wildman–Crippen LogP) is 0.748. The Morgan fingerprint density at radius 2 is 2.19 bits per heavy atom. The van der Waals surface area contributed by atoms with Crippen LogP contribution >= 0.6 is 0 Å². The molecule has 1 aromatic carbocycles. The number of carbonyl (C=O) groups excluding carboxylic acids is 2. The van der Waals surface area contributed by atoms with Crippen molar-refractivity contribution in [3.63, 3.8) is 0 Å². The Kier molecular flexibility index (Phi) is 6.46. The van der Waals surface area contributed by atoms with Crippen LogP contribution in [-0.2, 0) is 9.53 Å². The van der Waals surface area contributed by atoms with Crippen molar-refractivity contribution in [3.8, 4) is 5.75 Å². The van der Waals surface area contributed by atoms with Crippen molar-refractivity contribution in [3.05, 3.63) is 29.8 Å². The van der Waals surface area contributed by atoms with Gasteiger partial charge < -0.3 is 24.6 Å². The van der Waals surface area contributed by atoms with Crippen molar-refractivity contribution >= 4 is 11.8 Å². The minimum atomic E-state index is -0.00512. The van der Waals surface area contributed by atoms with E-state index in [-0.39, 0.29) is 17.9 Å². The lowest BCUT2D eigenvalue weighted by atomic mass is 10.0. The molecule has 2 fully saturated rings. The van der Waals surface area contributed by atoms with Gasteiger partial charge in [-0.25, -0.2) is 0 Å². The average molecular weight is 361 g/mol. The van der Waals surface area contributed by atoms with E-state index in [2.05, 4.69) is 5.32 Å². The van der Waals surface area contributed by atoms with Crippen molar-refractivity contribution < 1.29 is 19.1 Å². The highest BCUT2D eigenvalue weighted by Crippen LogP contribution is 2.21. The Morgan fingerprint density at radius 1 is 1.31 bits per heavy atom. The lowest BCUT2D eigenvalue weighted by Crippen LogP contribution is -2.57. The van der Waals surface area contributed by atoms with Gasteiger partial charge in [-0.15, -0.1) is 0 Å². The standard InChI is InChI=1S/C19H27N3O4/c1-25-10-11-26-17-6-2-4-15(12-17)19(24)21-8-3-5-16(14-21)22-9-7-20-13-18(22)23/h2,4,6,12,16,20H,3,5,7-11,13-14H2,1H3. The SMILES string of the molecule is COCCOc1cccc(C(=O)N2CCCC(N3CCNCC3=O)C2)c1. The number of piperazine rings is 1. The fourth-order valence-corrected chi connectivity index (χ4v) is 3.55. The van der Waals surface area contributed by atoms with E-state index >= 15 is 0 Å². The molecule has 3 rings (SSSR count). The van der Waals surface area contributed by atoms with E-state index in [0.717, 1.165) is 25.9 Å². The Bertz CT molecular complexity index is 637. The molecule has 7 heteroatoms. The van der Waals surface area contributed by atoms with Crippen LogP contribution in [0.2, 0.25) is 0 Å². The Balaban J connectivity index is 1.63. The summed E-state index contributed by atoms with van der Waals surface area (Å²) in [5.74, 6) is 0.789. The third-order valence-corrected chi connectivity index (χ3v) is 4.89. The van der Waals surface area contributed by atoms with Crippen LogP contribution < -0.4 is 10.1 Å². The summed E-state index contributed by atoms with van der Waals surface area (Å²) in [5.41, 5.74) is 0.618. The number of nitrogens with zero attached hydrogens (tertiary/aromatic N) is 2. The minimum Gasteiger partial charge on any atom is -0.491 e. The molecule has 1 atom stereocenters. The maximum Gasteiger partial charge on any atom is 0.254 e. The largest absolute Gasteiger partial charge is 0.491 e. The first-order valence-electron chi connectivity index (χ1n) is 9.20. The Labute approximate surface area is 154 Å². The number of benzene rings is 1. The number of likely N-dealkylation sites (tertiary alicyclic amines) is 1. The second-order valence-electron chi connectivity index (χ2n) is 6.68. The van der Waals surface area contributed by atoms with Gasteiger partial charge in [-0.2, -0.15) is 0 Å². The summed E-state index contributed by atoms with van der Waals surface area (Å²) in [5, 5.41) is 3.10. The van der Waals surface area contributed by atoms with Crippen LogP contribution in [0.1, 0.15) is 23.2 Å². The number of rotatable bonds is 6. The molecule has 0 radical (unpaired) electrons. The molecule has 2 aliphatic heterocycles. The highest BCUT2D eigenvalue weighted by atomic mass is 16.5. The maximum absolute atomic E-state index is 12.9. The fraction of sp³-hybridized carbons (Fsp3) is 0.579. The normalized spacial score (nSPS) is 21.0. The monoisotopic (exact) mass is 361 g/mol. The lowest BCUT2D eigenvalue weighted by Gasteiger charge is -2.41. The summed E-state index contributed by atoms with van der Waals surface area (Å²) in [7, 11) is 1.62. The summed E-state index contributed by atoms with van der Waals surface area (Å²) in [6, 6.07) is 7.37. The van der Waals surface area contributed by atoms with E-state index in [1.807, 2.05) is 28.0 Å². The van der Waals surface area contributed by atoms with E-state index in [9.17, 15) is 9.59 Å². The van der Waals surface area contributed by atoms with Gasteiger partial charge in [-0.3, -0.25) is 9.59 Å². The van der Waals surface area contributed by atoms with Crippen LogP contribution in [0.5, 0.6) is 5.75 Å². The summed E-state index contributed by atoms with van der Waals surface area (Å²) in [6.07, 6.45) is 1.87. The van der Waals surface area contributed by atoms with E-state index in [1.54, 1.807) is 13.2 Å². The van der Waals surface area contributed by atoms with Crippen LogP contribution in [0.15, 0.2) is 24.3 Å². The first-order valence-corrected chi connectivity index (χ1v) is 9.20. The van der Waals surface area contributed by atoms with Gasteiger partial charge in [0.05, 0.1) is 13.2 Å². The maximum atomic E-state index is 12.9. The summed E-state index contributed by atoms with van der Waals surface area (Å²) in [4.78, 5) is 28.9. The molecule has 1 unspecified atom stereocenters. The molecule has 1 N–H and O–H groups in total. The van der Waals surface area contributed by atoms with E-state index in [4.69, 9.17) is 9.47 Å². The molecule has 2 amide bonds. The highest BCUT2D eigenvalue weighted by molar-refractivity contribution is 5.94. The number of ether oxygens (including phenoxy) is 2. The number of nitrogens with one attached hydrogen (secondary N) is 1. The van der Waals surface area contributed by atoms with Gasteiger partial charge in [0.2, 0.25) is 5.91 Å². The minimum absolute atomic E-state index is 0.00512. The molecule has 26 heavy (non-hydrogen) atoms. The van der Waals surface area contributed by atoms with E-state index < -0.39 is 0 Å². The van der Waals surface area contributed by atoms with Crippen molar-refractivity contribution in [2.45, 2.75) is 18.9 Å². The quantitative estimate of drug-likeness (QED) is 0.757. The fourth-order valence-electron chi connectivity index (χ4n) is 3.55. The third kappa shape index (κ3) is 4.53. The number of hydrogen-bond donors (Lipinski definition) is 1. The number of piperidine rings is 1. The van der Waals surface area contributed by atoms with Gasteiger partial charge in [0.25, 0.3) is 5.91 Å². The molecule has 2 aliphatic rings. The van der Waals surface area contributed by atoms with Crippen LogP contribution in [0.3, 0.4) is 0 Å². The number of methoxy groups -OCH3 is 1. The number of hydrogen-bond acceptors (Lipinski definition) is 5. The molecular formula is C19H27N3O4. The van der Waals surface area contributed by atoms with Gasteiger partial charge in [0.15, 0.2) is 0 Å². The third-order valence-electron chi connectivity index (χ3n) is 4.89. The van der Waals surface area contributed by atoms with Crippen LogP contribution in [0, 0.1) is 0 Å². The number of amides is 2. The van der Waals surface area contributed by atoms with Crippen LogP contribution in [0.4, 0.5) is 0 Å². The smallest absolute Gasteiger partial charge is 0.254 e. The first-order chi connectivity index (χ1) is 12.7. The van der Waals surface area contributed by atoms with Crippen LogP contribution in [-0.4, -0.2) is 80.7 Å². The summed E-state index contributed by atoms with van der Waals surface area (Å²) in [6.45, 7) is 4.20. The van der Waals surface area contributed by atoms with Gasteiger partial charge in [-0.05, 0) is 31.0 Å². The second kappa shape index (κ2) is 9.00. The second-order valence-corrected chi connectivity index (χ2v) is 6.68. The topological polar surface area (TPSA) is 71.1 Å². The molecule has 0 spiro atoms. The van der Waals surface area contributed by atoms with Gasteiger partial charge in [-0.1, -0.05) is 6.07 Å². The molecule has 2 heterocycles. The number of carbonyl (C=O) groups is 2. The molecule has 142 valence electrons. The van der Waals surface area contributed by atoms with E-state index in [0.29, 0.717) is 44.2 Å². The van der Waals surface area contributed by atoms with Crippen molar-refractivity contribution in [2.24, 2.45) is 0 Å². The average Bonchev–Trinajstić information content (AvgIpc) is 2.68. The predicted molar refractivity (Wildman–Crippen MR) is 97.3 cm³/mol. The zero-order chi connectivity index (χ0) is 18.4. The Morgan fingerprint density at radius 3 is 3.00 bits per heavy atom. The van der Waals surface area contributed by atoms with Gasteiger partial charge in [0, 0.05) is 44.9 Å². The highest BCUT2D eigenvalue weighted by Gasteiger charge is 2.31. The van der Waals surface area contributed by atoms with Crippen LogP contribution in [0.25, 0.3) is 0 Å².